The Balaban J connectivity index is 1.80. The number of aliphatic hydroxyl groups is 1. The molecule has 0 amide bonds. The molecule has 1 fully saturated rings. The van der Waals surface area contributed by atoms with E-state index >= 15 is 0 Å². The third-order valence-electron chi connectivity index (χ3n) is 4.40. The number of aliphatic hydroxyl groups excluding tert-OH is 1. The zero-order valence-electron chi connectivity index (χ0n) is 11.7. The molecule has 0 aromatic carbocycles. The fraction of sp³-hybridized carbons (Fsp3) is 0.600. The number of Topliss-reactive ketones (excluding diaryl/α,β-unsaturated/α-hetero) is 1. The van der Waals surface area contributed by atoms with Crippen molar-refractivity contribution in [3.05, 3.63) is 34.2 Å². The molecule has 20 heavy (non-hydrogen) atoms. The maximum atomic E-state index is 11.9. The Hall–Kier alpha value is -1.46. The van der Waals surface area contributed by atoms with Crippen LogP contribution in [0.1, 0.15) is 25.0 Å². The Morgan fingerprint density at radius 1 is 1.40 bits per heavy atom. The molecule has 1 N–H and O–H groups in total. The number of rotatable bonds is 3. The van der Waals surface area contributed by atoms with Crippen LogP contribution < -0.4 is 5.56 Å². The molecule has 108 valence electrons. The topological polar surface area (TPSA) is 62.5 Å². The van der Waals surface area contributed by atoms with Crippen LogP contribution in [0.4, 0.5) is 0 Å². The third-order valence-corrected chi connectivity index (χ3v) is 4.40. The van der Waals surface area contributed by atoms with Crippen LogP contribution in [-0.4, -0.2) is 46.1 Å². The van der Waals surface area contributed by atoms with Crippen molar-refractivity contribution >= 4 is 5.78 Å². The molecular formula is C15H20N2O3. The van der Waals surface area contributed by atoms with Crippen molar-refractivity contribution in [3.8, 4) is 0 Å². The van der Waals surface area contributed by atoms with E-state index in [1.165, 1.54) is 6.92 Å². The number of carbonyl (C=O) groups is 1. The van der Waals surface area contributed by atoms with Gasteiger partial charge in [-0.15, -0.1) is 0 Å². The molecular weight excluding hydrogens is 256 g/mol. The molecule has 0 aliphatic carbocycles. The molecule has 0 spiro atoms. The summed E-state index contributed by atoms with van der Waals surface area (Å²) >= 11 is 0. The van der Waals surface area contributed by atoms with Gasteiger partial charge >= 0.3 is 0 Å². The molecule has 1 saturated heterocycles. The van der Waals surface area contributed by atoms with Crippen LogP contribution in [0.2, 0.25) is 0 Å². The van der Waals surface area contributed by atoms with Crippen molar-refractivity contribution in [1.82, 2.24) is 9.47 Å². The van der Waals surface area contributed by atoms with E-state index in [9.17, 15) is 14.7 Å². The average Bonchev–Trinajstić information content (AvgIpc) is 2.40. The van der Waals surface area contributed by atoms with E-state index in [0.717, 1.165) is 31.7 Å². The van der Waals surface area contributed by atoms with Crippen molar-refractivity contribution in [3.63, 3.8) is 0 Å². The number of fused-ring (bicyclic) bond motifs is 4. The highest BCUT2D eigenvalue weighted by Crippen LogP contribution is 2.34. The van der Waals surface area contributed by atoms with E-state index < -0.39 is 6.10 Å². The van der Waals surface area contributed by atoms with Gasteiger partial charge in [0.05, 0.1) is 6.54 Å². The number of likely N-dealkylation sites (tertiary alicyclic amines) is 1. The second kappa shape index (κ2) is 5.14. The second-order valence-electron chi connectivity index (χ2n) is 6.03. The average molecular weight is 276 g/mol. The highest BCUT2D eigenvalue weighted by molar-refractivity contribution is 5.84. The van der Waals surface area contributed by atoms with Crippen molar-refractivity contribution in [1.29, 1.82) is 0 Å². The van der Waals surface area contributed by atoms with Gasteiger partial charge in [-0.1, -0.05) is 6.07 Å². The quantitative estimate of drug-likeness (QED) is 0.857. The van der Waals surface area contributed by atoms with Crippen LogP contribution in [0.25, 0.3) is 0 Å². The first-order valence-corrected chi connectivity index (χ1v) is 7.17. The molecule has 0 unspecified atom stereocenters. The lowest BCUT2D eigenvalue weighted by atomic mass is 9.83. The molecule has 0 saturated carbocycles. The Morgan fingerprint density at radius 2 is 2.20 bits per heavy atom. The van der Waals surface area contributed by atoms with Gasteiger partial charge in [0.2, 0.25) is 0 Å². The fourth-order valence-electron chi connectivity index (χ4n) is 3.48. The molecule has 5 nitrogen and oxygen atoms in total. The number of hydrogen-bond acceptors (Lipinski definition) is 4. The maximum Gasteiger partial charge on any atom is 0.250 e. The molecule has 3 atom stereocenters. The number of carbonyl (C=O) groups excluding carboxylic acids is 1. The monoisotopic (exact) mass is 276 g/mol. The van der Waals surface area contributed by atoms with Crippen LogP contribution in [0, 0.1) is 5.92 Å². The summed E-state index contributed by atoms with van der Waals surface area (Å²) in [5.74, 6) is 0.608. The first kappa shape index (κ1) is 13.5. The predicted octanol–water partition coefficient (Wildman–Crippen LogP) is 0.217. The van der Waals surface area contributed by atoms with Gasteiger partial charge < -0.3 is 9.67 Å². The zero-order chi connectivity index (χ0) is 14.3. The van der Waals surface area contributed by atoms with Gasteiger partial charge in [-0.05, 0) is 25.3 Å². The van der Waals surface area contributed by atoms with Crippen molar-refractivity contribution < 1.29 is 9.90 Å². The van der Waals surface area contributed by atoms with Gasteiger partial charge in [0.25, 0.3) is 5.56 Å². The highest BCUT2D eigenvalue weighted by Gasteiger charge is 2.35. The van der Waals surface area contributed by atoms with E-state index in [0.29, 0.717) is 18.4 Å². The number of hydrogen-bond donors (Lipinski definition) is 1. The zero-order valence-corrected chi connectivity index (χ0v) is 11.7. The largest absolute Gasteiger partial charge is 0.386 e. The van der Waals surface area contributed by atoms with Crippen molar-refractivity contribution in [2.24, 2.45) is 5.92 Å². The first-order chi connectivity index (χ1) is 9.54. The Bertz CT molecular complexity index is 579. The molecule has 2 bridgehead atoms. The lowest BCUT2D eigenvalue weighted by Crippen LogP contribution is -2.49. The maximum absolute atomic E-state index is 11.9. The number of aromatic nitrogens is 1. The molecule has 1 aromatic heterocycles. The Kier molecular flexibility index (Phi) is 3.48. The summed E-state index contributed by atoms with van der Waals surface area (Å²) in [4.78, 5) is 25.7. The molecule has 3 rings (SSSR count). The van der Waals surface area contributed by atoms with Crippen LogP contribution in [0.5, 0.6) is 0 Å². The summed E-state index contributed by atoms with van der Waals surface area (Å²) in [6.07, 6.45) is 0.190. The van der Waals surface area contributed by atoms with E-state index in [1.807, 2.05) is 16.7 Å². The minimum atomic E-state index is -0.897. The molecule has 1 aromatic rings. The third kappa shape index (κ3) is 2.43. The van der Waals surface area contributed by atoms with Gasteiger partial charge in [0, 0.05) is 37.3 Å². The van der Waals surface area contributed by atoms with Gasteiger partial charge in [0.15, 0.2) is 5.78 Å². The van der Waals surface area contributed by atoms with Gasteiger partial charge in [-0.2, -0.15) is 0 Å². The van der Waals surface area contributed by atoms with Crippen molar-refractivity contribution in [2.75, 3.05) is 19.6 Å². The normalized spacial score (nSPS) is 26.9. The summed E-state index contributed by atoms with van der Waals surface area (Å²) in [5, 5.41) is 9.33. The lowest BCUT2D eigenvalue weighted by molar-refractivity contribution is -0.128. The molecule has 0 radical (unpaired) electrons. The Morgan fingerprint density at radius 3 is 2.95 bits per heavy atom. The summed E-state index contributed by atoms with van der Waals surface area (Å²) in [6.45, 7) is 4.18. The highest BCUT2D eigenvalue weighted by atomic mass is 16.3. The molecule has 3 heterocycles. The van der Waals surface area contributed by atoms with Gasteiger partial charge in [-0.3, -0.25) is 14.5 Å². The second-order valence-corrected chi connectivity index (χ2v) is 6.03. The number of pyridine rings is 1. The van der Waals surface area contributed by atoms with Gasteiger partial charge in [0.1, 0.15) is 6.10 Å². The van der Waals surface area contributed by atoms with E-state index in [4.69, 9.17) is 0 Å². The summed E-state index contributed by atoms with van der Waals surface area (Å²) in [7, 11) is 0. The minimum absolute atomic E-state index is 0.0747. The van der Waals surface area contributed by atoms with Crippen LogP contribution >= 0.6 is 0 Å². The Labute approximate surface area is 117 Å². The van der Waals surface area contributed by atoms with Crippen molar-refractivity contribution in [2.45, 2.75) is 31.9 Å². The van der Waals surface area contributed by atoms with Crippen LogP contribution in [0.3, 0.4) is 0 Å². The number of piperidine rings is 1. The fourth-order valence-corrected chi connectivity index (χ4v) is 3.48. The van der Waals surface area contributed by atoms with Crippen LogP contribution in [0.15, 0.2) is 23.0 Å². The minimum Gasteiger partial charge on any atom is -0.386 e. The van der Waals surface area contributed by atoms with E-state index in [2.05, 4.69) is 4.90 Å². The summed E-state index contributed by atoms with van der Waals surface area (Å²) in [5.41, 5.74) is 1.16. The first-order valence-electron chi connectivity index (χ1n) is 7.17. The smallest absolute Gasteiger partial charge is 0.250 e. The number of nitrogens with zero attached hydrogens (tertiary/aromatic N) is 2. The molecule has 2 aliphatic rings. The summed E-state index contributed by atoms with van der Waals surface area (Å²) in [6, 6.07) is 5.44. The van der Waals surface area contributed by atoms with E-state index in [1.54, 1.807) is 6.07 Å². The van der Waals surface area contributed by atoms with E-state index in [-0.39, 0.29) is 11.3 Å². The summed E-state index contributed by atoms with van der Waals surface area (Å²) < 4.78 is 1.88. The molecule has 2 aliphatic heterocycles. The standard InChI is InChI=1S/C15H20N2O3/c1-10(18)14(19)9-16-6-11-5-12(8-16)13-3-2-4-15(20)17(13)7-11/h2-4,10-12,18H,5-9H2,1H3/t10-,11-,12+/m0/s1. The van der Waals surface area contributed by atoms with Gasteiger partial charge in [-0.25, -0.2) is 0 Å². The molecule has 5 heteroatoms. The predicted molar refractivity (Wildman–Crippen MR) is 74.7 cm³/mol. The van der Waals surface area contributed by atoms with Crippen LogP contribution in [-0.2, 0) is 11.3 Å². The number of ketones is 1. The lowest BCUT2D eigenvalue weighted by Gasteiger charge is -2.42. The SMILES string of the molecule is C[C@H](O)C(=O)CN1C[C@@H]2C[C@H](C1)c1cccc(=O)n1C2.